The quantitative estimate of drug-likeness (QED) is 0.620. The first-order valence-corrected chi connectivity index (χ1v) is 11.4. The van der Waals surface area contributed by atoms with Crippen molar-refractivity contribution < 1.29 is 14.3 Å². The van der Waals surface area contributed by atoms with E-state index in [4.69, 9.17) is 19.4 Å². The standard InChI is InChI=1S/C26H26N4O3/c1-18-3-2-4-19(11-18)21-13-27-25(28-14-21)30-15-26(16-33-17-26)22-6-5-20(12-23(22)30)24(31)29-7-9-32-10-8-29/h2-6,11-14H,7-10,15-17H2,1H3. The number of rotatable bonds is 3. The first kappa shape index (κ1) is 20.3. The van der Waals surface area contributed by atoms with Gasteiger partial charge in [-0.3, -0.25) is 4.79 Å². The van der Waals surface area contributed by atoms with Crippen LogP contribution in [0.25, 0.3) is 11.1 Å². The van der Waals surface area contributed by atoms with Gasteiger partial charge in [0.05, 0.1) is 31.8 Å². The second-order valence-corrected chi connectivity index (χ2v) is 9.14. The molecule has 2 fully saturated rings. The maximum Gasteiger partial charge on any atom is 0.254 e. The van der Waals surface area contributed by atoms with Crippen LogP contribution in [0.15, 0.2) is 54.9 Å². The Kier molecular flexibility index (Phi) is 4.89. The van der Waals surface area contributed by atoms with Gasteiger partial charge in [0.1, 0.15) is 0 Å². The number of benzene rings is 2. The van der Waals surface area contributed by atoms with Gasteiger partial charge in [0, 0.05) is 48.8 Å². The van der Waals surface area contributed by atoms with E-state index in [2.05, 4.69) is 36.1 Å². The number of amides is 1. The minimum Gasteiger partial charge on any atom is -0.379 e. The zero-order valence-electron chi connectivity index (χ0n) is 18.7. The summed E-state index contributed by atoms with van der Waals surface area (Å²) in [6.45, 7) is 6.61. The molecule has 3 aromatic rings. The molecule has 6 rings (SSSR count). The number of aromatic nitrogens is 2. The number of ether oxygens (including phenoxy) is 2. The minimum absolute atomic E-state index is 0.0440. The predicted octanol–water partition coefficient (Wildman–Crippen LogP) is 3.34. The molecule has 3 aliphatic rings. The normalized spacial score (nSPS) is 18.8. The molecule has 168 valence electrons. The van der Waals surface area contributed by atoms with Gasteiger partial charge >= 0.3 is 0 Å². The fraction of sp³-hybridized carbons (Fsp3) is 0.346. The number of hydrogen-bond donors (Lipinski definition) is 0. The number of carbonyl (C=O) groups is 1. The molecule has 1 aromatic heterocycles. The monoisotopic (exact) mass is 442 g/mol. The highest BCUT2D eigenvalue weighted by atomic mass is 16.5. The molecule has 0 atom stereocenters. The van der Waals surface area contributed by atoms with Gasteiger partial charge in [0.15, 0.2) is 0 Å². The van der Waals surface area contributed by atoms with E-state index >= 15 is 0 Å². The van der Waals surface area contributed by atoms with Crippen LogP contribution in [0.4, 0.5) is 11.6 Å². The Morgan fingerprint density at radius 1 is 0.970 bits per heavy atom. The van der Waals surface area contributed by atoms with E-state index in [0.29, 0.717) is 51.0 Å². The second-order valence-electron chi connectivity index (χ2n) is 9.14. The lowest BCUT2D eigenvalue weighted by Crippen LogP contribution is -2.49. The third-order valence-corrected chi connectivity index (χ3v) is 6.85. The smallest absolute Gasteiger partial charge is 0.254 e. The van der Waals surface area contributed by atoms with Crippen LogP contribution in [-0.4, -0.2) is 66.8 Å². The Morgan fingerprint density at radius 2 is 1.76 bits per heavy atom. The maximum atomic E-state index is 13.1. The van der Waals surface area contributed by atoms with Crippen molar-refractivity contribution in [1.29, 1.82) is 0 Å². The van der Waals surface area contributed by atoms with Crippen LogP contribution >= 0.6 is 0 Å². The number of morpholine rings is 1. The molecule has 33 heavy (non-hydrogen) atoms. The van der Waals surface area contributed by atoms with E-state index in [1.807, 2.05) is 35.5 Å². The average molecular weight is 443 g/mol. The van der Waals surface area contributed by atoms with Crippen LogP contribution in [0, 0.1) is 6.92 Å². The van der Waals surface area contributed by atoms with Crippen molar-refractivity contribution in [3.63, 3.8) is 0 Å². The molecule has 0 saturated carbocycles. The second kappa shape index (κ2) is 7.93. The first-order valence-electron chi connectivity index (χ1n) is 11.4. The molecule has 1 amide bonds. The summed E-state index contributed by atoms with van der Waals surface area (Å²) >= 11 is 0. The molecule has 2 aromatic carbocycles. The van der Waals surface area contributed by atoms with Gasteiger partial charge in [-0.2, -0.15) is 0 Å². The largest absolute Gasteiger partial charge is 0.379 e. The van der Waals surface area contributed by atoms with Crippen LogP contribution in [-0.2, 0) is 14.9 Å². The predicted molar refractivity (Wildman–Crippen MR) is 125 cm³/mol. The summed E-state index contributed by atoms with van der Waals surface area (Å²) in [4.78, 5) is 26.5. The van der Waals surface area contributed by atoms with E-state index in [9.17, 15) is 4.79 Å². The Morgan fingerprint density at radius 3 is 2.45 bits per heavy atom. The molecule has 2 saturated heterocycles. The maximum absolute atomic E-state index is 13.1. The van der Waals surface area contributed by atoms with Crippen molar-refractivity contribution in [2.24, 2.45) is 0 Å². The summed E-state index contributed by atoms with van der Waals surface area (Å²) in [7, 11) is 0. The molecule has 0 unspecified atom stereocenters. The van der Waals surface area contributed by atoms with E-state index in [0.717, 1.165) is 23.4 Å². The molecule has 7 heteroatoms. The zero-order chi connectivity index (χ0) is 22.4. The van der Waals surface area contributed by atoms with Crippen LogP contribution < -0.4 is 4.90 Å². The van der Waals surface area contributed by atoms with E-state index in [1.54, 1.807) is 0 Å². The number of aryl methyl sites for hydroxylation is 1. The van der Waals surface area contributed by atoms with Crippen LogP contribution in [0.1, 0.15) is 21.5 Å². The number of anilines is 2. The van der Waals surface area contributed by atoms with E-state index < -0.39 is 0 Å². The van der Waals surface area contributed by atoms with Gasteiger partial charge in [-0.1, -0.05) is 35.9 Å². The summed E-state index contributed by atoms with van der Waals surface area (Å²) in [6, 6.07) is 14.4. The van der Waals surface area contributed by atoms with Crippen molar-refractivity contribution in [3.05, 3.63) is 71.5 Å². The number of carbonyl (C=O) groups excluding carboxylic acids is 1. The lowest BCUT2D eigenvalue weighted by Gasteiger charge is -2.38. The van der Waals surface area contributed by atoms with Gasteiger partial charge in [0.25, 0.3) is 5.91 Å². The molecule has 7 nitrogen and oxygen atoms in total. The molecule has 4 heterocycles. The Hall–Kier alpha value is -3.29. The minimum atomic E-state index is -0.0611. The molecule has 0 aliphatic carbocycles. The molecule has 0 bridgehead atoms. The SMILES string of the molecule is Cc1cccc(-c2cnc(N3CC4(COC4)c4ccc(C(=O)N5CCOCC5)cc43)nc2)c1. The highest BCUT2D eigenvalue weighted by Crippen LogP contribution is 2.47. The molecular formula is C26H26N4O3. The molecular weight excluding hydrogens is 416 g/mol. The lowest BCUT2D eigenvalue weighted by molar-refractivity contribution is -0.0507. The fourth-order valence-corrected chi connectivity index (χ4v) is 4.97. The van der Waals surface area contributed by atoms with Gasteiger partial charge in [-0.15, -0.1) is 0 Å². The summed E-state index contributed by atoms with van der Waals surface area (Å²) in [6.07, 6.45) is 3.75. The van der Waals surface area contributed by atoms with E-state index in [1.165, 1.54) is 11.1 Å². The highest BCUT2D eigenvalue weighted by molar-refractivity contribution is 5.96. The molecule has 3 aliphatic heterocycles. The Labute approximate surface area is 193 Å². The summed E-state index contributed by atoms with van der Waals surface area (Å²) < 4.78 is 11.0. The molecule has 0 N–H and O–H groups in total. The first-order chi connectivity index (χ1) is 16.1. The Balaban J connectivity index is 1.34. The van der Waals surface area contributed by atoms with Crippen LogP contribution in [0.3, 0.4) is 0 Å². The van der Waals surface area contributed by atoms with Gasteiger partial charge in [-0.25, -0.2) is 9.97 Å². The van der Waals surface area contributed by atoms with E-state index in [-0.39, 0.29) is 11.3 Å². The van der Waals surface area contributed by atoms with Gasteiger partial charge in [-0.05, 0) is 30.2 Å². The van der Waals surface area contributed by atoms with Crippen molar-refractivity contribution in [1.82, 2.24) is 14.9 Å². The number of fused-ring (bicyclic) bond motifs is 2. The average Bonchev–Trinajstić information content (AvgIpc) is 3.20. The van der Waals surface area contributed by atoms with Crippen molar-refractivity contribution in [3.8, 4) is 11.1 Å². The third kappa shape index (κ3) is 3.48. The lowest BCUT2D eigenvalue weighted by atomic mass is 9.80. The summed E-state index contributed by atoms with van der Waals surface area (Å²) in [5, 5.41) is 0. The van der Waals surface area contributed by atoms with Crippen molar-refractivity contribution in [2.75, 3.05) is 51.0 Å². The number of nitrogens with zero attached hydrogens (tertiary/aromatic N) is 4. The third-order valence-electron chi connectivity index (χ3n) is 6.85. The molecule has 1 spiro atoms. The van der Waals surface area contributed by atoms with Crippen molar-refractivity contribution in [2.45, 2.75) is 12.3 Å². The fourth-order valence-electron chi connectivity index (χ4n) is 4.97. The number of hydrogen-bond acceptors (Lipinski definition) is 6. The highest BCUT2D eigenvalue weighted by Gasteiger charge is 2.49. The topological polar surface area (TPSA) is 67.8 Å². The summed E-state index contributed by atoms with van der Waals surface area (Å²) in [5.74, 6) is 0.690. The molecule has 0 radical (unpaired) electrons. The Bertz CT molecular complexity index is 1200. The van der Waals surface area contributed by atoms with Crippen molar-refractivity contribution >= 4 is 17.5 Å². The van der Waals surface area contributed by atoms with Crippen LogP contribution in [0.2, 0.25) is 0 Å². The summed E-state index contributed by atoms with van der Waals surface area (Å²) in [5.41, 5.74) is 6.13. The van der Waals surface area contributed by atoms with Crippen LogP contribution in [0.5, 0.6) is 0 Å². The zero-order valence-corrected chi connectivity index (χ0v) is 18.7. The van der Waals surface area contributed by atoms with Gasteiger partial charge in [0.2, 0.25) is 5.95 Å². The van der Waals surface area contributed by atoms with Gasteiger partial charge < -0.3 is 19.3 Å².